The molecule has 0 saturated heterocycles. The summed E-state index contributed by atoms with van der Waals surface area (Å²) in [6, 6.07) is 0.134. The molecule has 1 N–H and O–H groups in total. The van der Waals surface area contributed by atoms with Crippen molar-refractivity contribution in [3.05, 3.63) is 41.5 Å². The van der Waals surface area contributed by atoms with Crippen LogP contribution in [-0.2, 0) is 16.2 Å². The predicted molar refractivity (Wildman–Crippen MR) is 93.2 cm³/mol. The number of aromatic nitrogens is 3. The quantitative estimate of drug-likeness (QED) is 0.811. The molecule has 154 valence electrons. The highest BCUT2D eigenvalue weighted by molar-refractivity contribution is 7.89. The van der Waals surface area contributed by atoms with E-state index in [1.54, 1.807) is 0 Å². The van der Waals surface area contributed by atoms with Gasteiger partial charge in [0.15, 0.2) is 5.78 Å². The fourth-order valence-corrected chi connectivity index (χ4v) is 5.94. The molecule has 2 aromatic heterocycles. The van der Waals surface area contributed by atoms with Crippen LogP contribution in [0.5, 0.6) is 0 Å². The second-order valence-corrected chi connectivity index (χ2v) is 9.68. The van der Waals surface area contributed by atoms with Gasteiger partial charge in [0.25, 0.3) is 0 Å². The van der Waals surface area contributed by atoms with Gasteiger partial charge >= 0.3 is 6.18 Å². The highest BCUT2D eigenvalue weighted by Gasteiger charge is 2.56. The van der Waals surface area contributed by atoms with Crippen molar-refractivity contribution >= 4 is 15.8 Å². The van der Waals surface area contributed by atoms with Crippen LogP contribution in [0, 0.1) is 11.8 Å². The third-order valence-electron chi connectivity index (χ3n) is 5.79. The summed E-state index contributed by atoms with van der Waals surface area (Å²) in [5.41, 5.74) is -0.283. The number of sulfonamides is 1. The zero-order chi connectivity index (χ0) is 20.6. The molecule has 0 aromatic carbocycles. The number of Topliss-reactive ketones (excluding diaryl/α,β-unsaturated/α-hetero) is 1. The number of H-pyrrole nitrogens is 1. The molecule has 2 aliphatic carbocycles. The number of pyridine rings is 1. The minimum absolute atomic E-state index is 0.0536. The van der Waals surface area contributed by atoms with Gasteiger partial charge in [-0.25, -0.2) is 8.42 Å². The van der Waals surface area contributed by atoms with E-state index >= 15 is 0 Å². The predicted octanol–water partition coefficient (Wildman–Crippen LogP) is 2.94. The first-order valence-electron chi connectivity index (χ1n) is 9.34. The van der Waals surface area contributed by atoms with Crippen molar-refractivity contribution in [1.82, 2.24) is 19.5 Å². The largest absolute Gasteiger partial charge is 0.433 e. The fraction of sp³-hybridized carbons (Fsp3) is 0.500. The molecular weight excluding hydrogens is 409 g/mol. The van der Waals surface area contributed by atoms with E-state index in [0.29, 0.717) is 17.3 Å². The molecule has 3 aliphatic rings. The van der Waals surface area contributed by atoms with Gasteiger partial charge in [-0.2, -0.15) is 22.6 Å². The molecule has 0 bridgehead atoms. The molecule has 0 spiro atoms. The van der Waals surface area contributed by atoms with Crippen LogP contribution in [0.4, 0.5) is 13.2 Å². The van der Waals surface area contributed by atoms with Gasteiger partial charge in [0.2, 0.25) is 10.0 Å². The van der Waals surface area contributed by atoms with Gasteiger partial charge in [0, 0.05) is 11.8 Å². The van der Waals surface area contributed by atoms with Crippen LogP contribution >= 0.6 is 0 Å². The summed E-state index contributed by atoms with van der Waals surface area (Å²) in [7, 11) is -4.25. The molecule has 3 heterocycles. The molecule has 7 nitrogen and oxygen atoms in total. The van der Waals surface area contributed by atoms with Crippen LogP contribution in [0.1, 0.15) is 53.5 Å². The van der Waals surface area contributed by atoms with E-state index in [9.17, 15) is 26.4 Å². The summed E-state index contributed by atoms with van der Waals surface area (Å²) in [5, 5.41) is 6.66. The first kappa shape index (κ1) is 18.7. The van der Waals surface area contributed by atoms with Crippen molar-refractivity contribution < 1.29 is 26.4 Å². The lowest BCUT2D eigenvalue weighted by Gasteiger charge is -2.40. The number of fused-ring (bicyclic) bond motifs is 1. The number of nitrogens with one attached hydrogen (secondary N) is 1. The summed E-state index contributed by atoms with van der Waals surface area (Å²) in [4.78, 5) is 16.0. The van der Waals surface area contributed by atoms with Crippen molar-refractivity contribution in [2.45, 2.75) is 48.8 Å². The number of carbonyl (C=O) groups excluding carboxylic acids is 1. The number of carbonyl (C=O) groups is 1. The van der Waals surface area contributed by atoms with Crippen molar-refractivity contribution in [2.75, 3.05) is 0 Å². The molecule has 0 amide bonds. The number of hydrogen-bond donors (Lipinski definition) is 1. The highest BCUT2D eigenvalue weighted by Crippen LogP contribution is 2.53. The van der Waals surface area contributed by atoms with Crippen LogP contribution in [0.25, 0.3) is 0 Å². The Bertz CT molecular complexity index is 1070. The molecule has 2 saturated carbocycles. The topological polar surface area (TPSA) is 96.0 Å². The Morgan fingerprint density at radius 3 is 2.24 bits per heavy atom. The summed E-state index contributed by atoms with van der Waals surface area (Å²) < 4.78 is 66.8. The monoisotopic (exact) mass is 426 g/mol. The van der Waals surface area contributed by atoms with Crippen molar-refractivity contribution in [1.29, 1.82) is 0 Å². The van der Waals surface area contributed by atoms with E-state index in [-0.39, 0.29) is 22.5 Å². The third-order valence-corrected chi connectivity index (χ3v) is 7.64. The molecule has 11 heteroatoms. The Balaban J connectivity index is 1.62. The second-order valence-electron chi connectivity index (χ2n) is 7.84. The molecule has 1 aliphatic heterocycles. The highest BCUT2D eigenvalue weighted by atomic mass is 32.2. The van der Waals surface area contributed by atoms with Gasteiger partial charge in [-0.1, -0.05) is 0 Å². The second kappa shape index (κ2) is 6.11. The molecule has 29 heavy (non-hydrogen) atoms. The maximum absolute atomic E-state index is 13.5. The summed E-state index contributed by atoms with van der Waals surface area (Å²) in [6.45, 7) is 0. The molecule has 2 aromatic rings. The third kappa shape index (κ3) is 2.98. The number of rotatable bonds is 4. The first-order valence-corrected chi connectivity index (χ1v) is 10.8. The number of halogens is 3. The lowest BCUT2D eigenvalue weighted by Crippen LogP contribution is -2.52. The average molecular weight is 426 g/mol. The Hall–Kier alpha value is -2.27. The van der Waals surface area contributed by atoms with Crippen molar-refractivity contribution in [3.63, 3.8) is 0 Å². The van der Waals surface area contributed by atoms with E-state index in [1.165, 1.54) is 10.5 Å². The van der Waals surface area contributed by atoms with Crippen LogP contribution < -0.4 is 0 Å². The lowest BCUT2D eigenvalue weighted by molar-refractivity contribution is -0.141. The molecule has 0 radical (unpaired) electrons. The van der Waals surface area contributed by atoms with E-state index < -0.39 is 34.0 Å². The van der Waals surface area contributed by atoms with Crippen LogP contribution in [0.2, 0.25) is 0 Å². The zero-order valence-corrected chi connectivity index (χ0v) is 15.9. The molecule has 5 rings (SSSR count). The number of ketones is 1. The van der Waals surface area contributed by atoms with Gasteiger partial charge in [-0.3, -0.25) is 14.9 Å². The van der Waals surface area contributed by atoms with Crippen LogP contribution in [-0.4, -0.2) is 39.7 Å². The molecule has 2 atom stereocenters. The normalized spacial score (nSPS) is 25.8. The molecular formula is C18H17F3N4O3S. The van der Waals surface area contributed by atoms with Crippen molar-refractivity contribution in [2.24, 2.45) is 11.8 Å². The van der Waals surface area contributed by atoms with Gasteiger partial charge in [0.05, 0.1) is 18.3 Å². The SMILES string of the molecule is O=C1c2[nH]ncc2[C@@H](C2CC2)N(S(=O)(=O)c2ccc(C(F)(F)F)nc2)[C@@H]1C1CC1. The maximum Gasteiger partial charge on any atom is 0.433 e. The standard InChI is InChI=1S/C18H17F3N4O3S/c19-18(20,21)13-6-5-11(7-22-13)29(27,28)25-15(9-1-2-9)12-8-23-24-14(12)17(26)16(25)10-3-4-10/h5-10,15-16H,1-4H2,(H,23,24)/t15-,16-/m1/s1. The van der Waals surface area contributed by atoms with Gasteiger partial charge in [0.1, 0.15) is 16.3 Å². The first-order chi connectivity index (χ1) is 13.7. The Kier molecular flexibility index (Phi) is 3.95. The van der Waals surface area contributed by atoms with Gasteiger partial charge < -0.3 is 0 Å². The minimum atomic E-state index is -4.66. The number of aromatic amines is 1. The molecule has 0 unspecified atom stereocenters. The number of nitrogens with zero attached hydrogens (tertiary/aromatic N) is 3. The van der Waals surface area contributed by atoms with Crippen molar-refractivity contribution in [3.8, 4) is 0 Å². The fourth-order valence-electron chi connectivity index (χ4n) is 4.12. The summed E-state index contributed by atoms with van der Waals surface area (Å²) >= 11 is 0. The van der Waals surface area contributed by atoms with E-state index in [0.717, 1.165) is 37.9 Å². The van der Waals surface area contributed by atoms with Gasteiger partial charge in [-0.15, -0.1) is 0 Å². The Morgan fingerprint density at radius 1 is 1.03 bits per heavy atom. The molecule has 2 fully saturated rings. The zero-order valence-electron chi connectivity index (χ0n) is 15.1. The smallest absolute Gasteiger partial charge is 0.291 e. The van der Waals surface area contributed by atoms with E-state index in [1.807, 2.05) is 0 Å². The summed E-state index contributed by atoms with van der Waals surface area (Å²) in [6.07, 6.45) is 0.635. The van der Waals surface area contributed by atoms with Crippen LogP contribution in [0.15, 0.2) is 29.4 Å². The number of hydrogen-bond acceptors (Lipinski definition) is 5. The Labute approximate surface area is 164 Å². The summed E-state index contributed by atoms with van der Waals surface area (Å²) in [5.74, 6) is -0.379. The van der Waals surface area contributed by atoms with E-state index in [2.05, 4.69) is 15.2 Å². The van der Waals surface area contributed by atoms with Crippen LogP contribution in [0.3, 0.4) is 0 Å². The van der Waals surface area contributed by atoms with Gasteiger partial charge in [-0.05, 0) is 49.7 Å². The Morgan fingerprint density at radius 2 is 1.69 bits per heavy atom. The lowest BCUT2D eigenvalue weighted by atomic mass is 9.90. The average Bonchev–Trinajstić information content (AvgIpc) is 3.59. The minimum Gasteiger partial charge on any atom is -0.291 e. The maximum atomic E-state index is 13.5. The number of alkyl halides is 3. The van der Waals surface area contributed by atoms with E-state index in [4.69, 9.17) is 0 Å².